The van der Waals surface area contributed by atoms with E-state index in [2.05, 4.69) is 9.72 Å². The number of benzene rings is 3. The Morgan fingerprint density at radius 2 is 1.77 bits per heavy atom. The third-order valence-corrected chi connectivity index (χ3v) is 9.08. The minimum Gasteiger partial charge on any atom is -0.434 e. The zero-order valence-electron chi connectivity index (χ0n) is 21.1. The van der Waals surface area contributed by atoms with Gasteiger partial charge in [0.25, 0.3) is 5.91 Å². The number of sulfone groups is 1. The lowest BCUT2D eigenvalue weighted by Gasteiger charge is -2.39. The van der Waals surface area contributed by atoms with Gasteiger partial charge in [-0.05, 0) is 43.2 Å². The van der Waals surface area contributed by atoms with Crippen molar-refractivity contribution in [1.82, 2.24) is 9.88 Å². The number of pyridine rings is 1. The molecule has 11 heteroatoms. The van der Waals surface area contributed by atoms with Crippen LogP contribution in [0.25, 0.3) is 10.9 Å². The molecule has 0 bridgehead atoms. The highest BCUT2D eigenvalue weighted by atomic mass is 35.5. The summed E-state index contributed by atoms with van der Waals surface area (Å²) in [5.41, 5.74) is -0.296. The molecule has 1 aliphatic rings. The van der Waals surface area contributed by atoms with Gasteiger partial charge in [0.15, 0.2) is 9.84 Å². The number of rotatable bonds is 7. The van der Waals surface area contributed by atoms with Crippen LogP contribution in [-0.4, -0.2) is 49.0 Å². The van der Waals surface area contributed by atoms with E-state index < -0.39 is 39.5 Å². The molecule has 3 aromatic carbocycles. The van der Waals surface area contributed by atoms with Gasteiger partial charge in [-0.1, -0.05) is 54.1 Å². The molecule has 0 radical (unpaired) electrons. The van der Waals surface area contributed by atoms with E-state index in [1.165, 1.54) is 29.3 Å². The molecule has 1 fully saturated rings. The van der Waals surface area contributed by atoms with Crippen molar-refractivity contribution in [2.24, 2.45) is 0 Å². The number of alkyl halides is 2. The number of amides is 1. The van der Waals surface area contributed by atoms with Gasteiger partial charge in [-0.3, -0.25) is 9.78 Å². The average Bonchev–Trinajstić information content (AvgIpc) is 2.93. The van der Waals surface area contributed by atoms with Gasteiger partial charge in [0, 0.05) is 46.4 Å². The molecule has 7 nitrogen and oxygen atoms in total. The van der Waals surface area contributed by atoms with E-state index in [-0.39, 0.29) is 47.5 Å². The molecule has 4 aromatic rings. The van der Waals surface area contributed by atoms with Gasteiger partial charge in [0.05, 0.1) is 21.8 Å². The first-order chi connectivity index (χ1) is 19.1. The number of likely N-dealkylation sites (tertiary alicyclic amines) is 1. The van der Waals surface area contributed by atoms with Crippen LogP contribution in [0.3, 0.4) is 0 Å². The Hall–Kier alpha value is -3.60. The molecule has 0 atom stereocenters. The highest BCUT2D eigenvalue weighted by Crippen LogP contribution is 2.37. The molecule has 5 rings (SSSR count). The lowest BCUT2D eigenvalue weighted by atomic mass is 9.84. The summed E-state index contributed by atoms with van der Waals surface area (Å²) in [5.74, 6) is -1.48. The van der Waals surface area contributed by atoms with Gasteiger partial charge in [-0.2, -0.15) is 8.78 Å². The summed E-state index contributed by atoms with van der Waals surface area (Å²) in [6.07, 6.45) is 1.94. The number of carbonyl (C=O) groups is 1. The third-order valence-electron chi connectivity index (χ3n) is 7.06. The number of ether oxygens (including phenoxy) is 1. The number of nitrogens with zero attached hydrogens (tertiary/aromatic N) is 2. The number of hydrogen-bond donors (Lipinski definition) is 1. The van der Waals surface area contributed by atoms with Gasteiger partial charge >= 0.3 is 6.61 Å². The summed E-state index contributed by atoms with van der Waals surface area (Å²) in [4.78, 5) is 18.9. The zero-order valence-corrected chi connectivity index (χ0v) is 22.7. The van der Waals surface area contributed by atoms with Gasteiger partial charge in [0.2, 0.25) is 0 Å². The van der Waals surface area contributed by atoms with Crippen molar-refractivity contribution in [1.29, 1.82) is 0 Å². The first-order valence-corrected chi connectivity index (χ1v) is 14.5. The fourth-order valence-corrected chi connectivity index (χ4v) is 6.86. The van der Waals surface area contributed by atoms with E-state index in [0.29, 0.717) is 16.0 Å². The summed E-state index contributed by atoms with van der Waals surface area (Å²) in [5, 5.41) is 12.2. The maximum atomic E-state index is 13.3. The number of para-hydroxylation sites is 1. The van der Waals surface area contributed by atoms with E-state index in [9.17, 15) is 27.1 Å². The second kappa shape index (κ2) is 11.1. The van der Waals surface area contributed by atoms with Crippen LogP contribution < -0.4 is 4.74 Å². The monoisotopic (exact) mass is 586 g/mol. The average molecular weight is 587 g/mol. The molecule has 208 valence electrons. The van der Waals surface area contributed by atoms with Crippen molar-refractivity contribution in [3.05, 3.63) is 101 Å². The SMILES string of the molecule is O=C(c1ccc(CS(=O)(=O)c2cccc3cccnc23)c(OC(F)F)c1)N1CCC(O)(c2ccccc2Cl)CC1. The molecule has 0 spiro atoms. The molecular weight excluding hydrogens is 562 g/mol. The largest absolute Gasteiger partial charge is 0.434 e. The number of aliphatic hydroxyl groups is 1. The number of halogens is 3. The number of carbonyl (C=O) groups excluding carboxylic acids is 1. The molecule has 0 unspecified atom stereocenters. The van der Waals surface area contributed by atoms with Crippen LogP contribution in [0.2, 0.25) is 5.02 Å². The van der Waals surface area contributed by atoms with E-state index >= 15 is 0 Å². The maximum Gasteiger partial charge on any atom is 0.387 e. The Morgan fingerprint density at radius 1 is 1.05 bits per heavy atom. The minimum absolute atomic E-state index is 0.0171. The molecular formula is C29H25ClF2N2O5S. The number of fused-ring (bicyclic) bond motifs is 1. The fraction of sp³-hybridized carbons (Fsp3) is 0.241. The van der Waals surface area contributed by atoms with Crippen LogP contribution in [0.1, 0.15) is 34.3 Å². The maximum absolute atomic E-state index is 13.3. The summed E-state index contributed by atoms with van der Waals surface area (Å²) in [6.45, 7) is -2.82. The minimum atomic E-state index is -4.02. The molecule has 40 heavy (non-hydrogen) atoms. The quantitative estimate of drug-likeness (QED) is 0.303. The summed E-state index contributed by atoms with van der Waals surface area (Å²) >= 11 is 6.27. The third kappa shape index (κ3) is 5.65. The molecule has 2 heterocycles. The lowest BCUT2D eigenvalue weighted by Crippen LogP contribution is -2.45. The fourth-order valence-electron chi connectivity index (χ4n) is 4.99. The molecule has 1 saturated heterocycles. The number of aromatic nitrogens is 1. The Bertz CT molecular complexity index is 1670. The molecule has 1 aliphatic heterocycles. The van der Waals surface area contributed by atoms with Crippen LogP contribution >= 0.6 is 11.6 Å². The van der Waals surface area contributed by atoms with E-state index in [1.807, 2.05) is 0 Å². The van der Waals surface area contributed by atoms with Crippen molar-refractivity contribution >= 4 is 38.2 Å². The van der Waals surface area contributed by atoms with E-state index in [0.717, 1.165) is 6.07 Å². The standard InChI is InChI=1S/C29H25ClF2N2O5S/c30-23-8-2-1-7-22(23)29(36)12-15-34(16-13-29)27(35)20-10-11-21(24(17-20)39-28(31)32)18-40(37,38)25-9-3-5-19-6-4-14-33-26(19)25/h1-11,14,17,28,36H,12-13,15-16,18H2. The highest BCUT2D eigenvalue weighted by molar-refractivity contribution is 7.90. The van der Waals surface area contributed by atoms with Gasteiger partial charge < -0.3 is 14.7 Å². The zero-order chi connectivity index (χ0) is 28.5. The Balaban J connectivity index is 1.38. The lowest BCUT2D eigenvalue weighted by molar-refractivity contribution is -0.0504. The first kappa shape index (κ1) is 27.9. The van der Waals surface area contributed by atoms with E-state index in [4.69, 9.17) is 11.6 Å². The predicted molar refractivity (Wildman–Crippen MR) is 146 cm³/mol. The Morgan fingerprint density at radius 3 is 2.50 bits per heavy atom. The smallest absolute Gasteiger partial charge is 0.387 e. The summed E-state index contributed by atoms with van der Waals surface area (Å²) < 4.78 is 57.9. The Labute approximate surface area is 234 Å². The molecule has 0 saturated carbocycles. The van der Waals surface area contributed by atoms with Crippen molar-refractivity contribution in [3.63, 3.8) is 0 Å². The van der Waals surface area contributed by atoms with Gasteiger partial charge in [-0.25, -0.2) is 8.42 Å². The normalized spacial score (nSPS) is 15.4. The second-order valence-electron chi connectivity index (χ2n) is 9.59. The second-order valence-corrected chi connectivity index (χ2v) is 12.0. The molecule has 0 aliphatic carbocycles. The topological polar surface area (TPSA) is 96.8 Å². The van der Waals surface area contributed by atoms with Crippen LogP contribution in [0, 0.1) is 0 Å². The number of hydrogen-bond acceptors (Lipinski definition) is 6. The first-order valence-electron chi connectivity index (χ1n) is 12.5. The highest BCUT2D eigenvalue weighted by Gasteiger charge is 2.37. The van der Waals surface area contributed by atoms with Gasteiger partial charge in [0.1, 0.15) is 5.75 Å². The van der Waals surface area contributed by atoms with E-state index in [1.54, 1.807) is 48.5 Å². The van der Waals surface area contributed by atoms with Crippen LogP contribution in [0.5, 0.6) is 5.75 Å². The van der Waals surface area contributed by atoms with Crippen molar-refractivity contribution in [2.45, 2.75) is 35.7 Å². The van der Waals surface area contributed by atoms with Crippen LogP contribution in [-0.2, 0) is 21.2 Å². The summed E-state index contributed by atoms with van der Waals surface area (Å²) in [6, 6.07) is 18.9. The van der Waals surface area contributed by atoms with Crippen molar-refractivity contribution in [2.75, 3.05) is 13.1 Å². The molecule has 1 N–H and O–H groups in total. The summed E-state index contributed by atoms with van der Waals surface area (Å²) in [7, 11) is -4.02. The van der Waals surface area contributed by atoms with Crippen molar-refractivity contribution < 1.29 is 31.8 Å². The van der Waals surface area contributed by atoms with Crippen molar-refractivity contribution in [3.8, 4) is 5.75 Å². The predicted octanol–water partition coefficient (Wildman–Crippen LogP) is 5.59. The number of piperidine rings is 1. The van der Waals surface area contributed by atoms with Crippen LogP contribution in [0.15, 0.2) is 83.9 Å². The Kier molecular flexibility index (Phi) is 7.76. The van der Waals surface area contributed by atoms with Gasteiger partial charge in [-0.15, -0.1) is 0 Å². The van der Waals surface area contributed by atoms with Crippen LogP contribution in [0.4, 0.5) is 8.78 Å². The molecule has 1 aromatic heterocycles. The molecule has 1 amide bonds.